The SMILES string of the molecule is Cc1nc(CC(NN)C2CN3CCN2CC3)sc1C. The molecule has 19 heavy (non-hydrogen) atoms. The van der Waals surface area contributed by atoms with Gasteiger partial charge in [-0.1, -0.05) is 0 Å². The maximum Gasteiger partial charge on any atom is 0.0947 e. The van der Waals surface area contributed by atoms with Gasteiger partial charge in [-0.05, 0) is 13.8 Å². The minimum absolute atomic E-state index is 0.299. The molecule has 106 valence electrons. The number of piperazine rings is 3. The molecule has 3 aliphatic rings. The fourth-order valence-corrected chi connectivity index (χ4v) is 4.15. The van der Waals surface area contributed by atoms with Crippen LogP contribution in [0, 0.1) is 13.8 Å². The van der Waals surface area contributed by atoms with E-state index < -0.39 is 0 Å². The van der Waals surface area contributed by atoms with Crippen LogP contribution in [0.4, 0.5) is 0 Å². The third-order valence-electron chi connectivity index (χ3n) is 4.47. The van der Waals surface area contributed by atoms with Crippen molar-refractivity contribution in [1.29, 1.82) is 0 Å². The van der Waals surface area contributed by atoms with Crippen molar-refractivity contribution in [3.63, 3.8) is 0 Å². The second-order valence-corrected chi connectivity index (χ2v) is 6.92. The number of thiazole rings is 1. The number of nitrogens with two attached hydrogens (primary N) is 1. The molecule has 3 aliphatic heterocycles. The Hall–Kier alpha value is -0.530. The Bertz CT molecular complexity index is 419. The molecule has 6 heteroatoms. The molecule has 1 aromatic heterocycles. The maximum atomic E-state index is 5.81. The van der Waals surface area contributed by atoms with Crippen molar-refractivity contribution in [3.05, 3.63) is 15.6 Å². The molecule has 3 saturated heterocycles. The standard InChI is InChI=1S/C13H23N5S/c1-9-10(2)19-13(15-9)7-11(16-14)12-8-17-3-5-18(12)6-4-17/h11-12,16H,3-8,14H2,1-2H3. The van der Waals surface area contributed by atoms with Crippen molar-refractivity contribution in [2.24, 2.45) is 5.84 Å². The van der Waals surface area contributed by atoms with Gasteiger partial charge in [0.2, 0.25) is 0 Å². The summed E-state index contributed by atoms with van der Waals surface area (Å²) in [6.07, 6.45) is 0.935. The Morgan fingerprint density at radius 1 is 1.37 bits per heavy atom. The first-order valence-electron chi connectivity index (χ1n) is 7.03. The molecule has 1 aromatic rings. The van der Waals surface area contributed by atoms with Gasteiger partial charge in [-0.15, -0.1) is 11.3 Å². The second-order valence-electron chi connectivity index (χ2n) is 5.63. The molecule has 2 atom stereocenters. The van der Waals surface area contributed by atoms with Crippen LogP contribution in [-0.2, 0) is 6.42 Å². The smallest absolute Gasteiger partial charge is 0.0947 e. The fraction of sp³-hybridized carbons (Fsp3) is 0.769. The van der Waals surface area contributed by atoms with Gasteiger partial charge in [0.25, 0.3) is 0 Å². The number of nitrogens with one attached hydrogen (secondary N) is 1. The van der Waals surface area contributed by atoms with Gasteiger partial charge in [0.1, 0.15) is 0 Å². The molecule has 0 aromatic carbocycles. The quantitative estimate of drug-likeness (QED) is 0.607. The van der Waals surface area contributed by atoms with E-state index in [0.29, 0.717) is 12.1 Å². The molecule has 2 unspecified atom stereocenters. The van der Waals surface area contributed by atoms with Crippen molar-refractivity contribution in [2.45, 2.75) is 32.4 Å². The van der Waals surface area contributed by atoms with Crippen LogP contribution in [0.1, 0.15) is 15.6 Å². The predicted molar refractivity (Wildman–Crippen MR) is 78.2 cm³/mol. The van der Waals surface area contributed by atoms with E-state index in [9.17, 15) is 0 Å². The fourth-order valence-electron chi connectivity index (χ4n) is 3.16. The van der Waals surface area contributed by atoms with Crippen LogP contribution in [0.2, 0.25) is 0 Å². The van der Waals surface area contributed by atoms with E-state index in [4.69, 9.17) is 5.84 Å². The van der Waals surface area contributed by atoms with Crippen LogP contribution < -0.4 is 11.3 Å². The van der Waals surface area contributed by atoms with Crippen molar-refractivity contribution in [2.75, 3.05) is 32.7 Å². The third-order valence-corrected chi connectivity index (χ3v) is 5.56. The van der Waals surface area contributed by atoms with Crippen molar-refractivity contribution in [1.82, 2.24) is 20.2 Å². The number of hydrogen-bond acceptors (Lipinski definition) is 6. The summed E-state index contributed by atoms with van der Waals surface area (Å²) in [4.78, 5) is 11.1. The summed E-state index contributed by atoms with van der Waals surface area (Å²) in [6, 6.07) is 0.824. The van der Waals surface area contributed by atoms with Crippen LogP contribution in [0.15, 0.2) is 0 Å². The molecule has 0 saturated carbocycles. The summed E-state index contributed by atoms with van der Waals surface area (Å²) >= 11 is 1.80. The third kappa shape index (κ3) is 2.68. The number of rotatable bonds is 4. The summed E-state index contributed by atoms with van der Waals surface area (Å²) in [5.74, 6) is 5.81. The highest BCUT2D eigenvalue weighted by atomic mass is 32.1. The summed E-state index contributed by atoms with van der Waals surface area (Å²) in [6.45, 7) is 10.1. The number of hydrogen-bond donors (Lipinski definition) is 2. The Morgan fingerprint density at radius 3 is 2.58 bits per heavy atom. The number of aryl methyl sites for hydroxylation is 2. The zero-order valence-corrected chi connectivity index (χ0v) is 12.5. The minimum atomic E-state index is 0.299. The molecule has 0 spiro atoms. The van der Waals surface area contributed by atoms with Crippen LogP contribution >= 0.6 is 11.3 Å². The van der Waals surface area contributed by atoms with E-state index in [2.05, 4.69) is 34.1 Å². The van der Waals surface area contributed by atoms with E-state index in [1.807, 2.05) is 0 Å². The van der Waals surface area contributed by atoms with E-state index in [1.54, 1.807) is 11.3 Å². The first-order chi connectivity index (χ1) is 9.17. The summed E-state index contributed by atoms with van der Waals surface area (Å²) in [7, 11) is 0. The number of fused-ring (bicyclic) bond motifs is 3. The second kappa shape index (κ2) is 5.46. The molecule has 0 amide bonds. The Morgan fingerprint density at radius 2 is 2.11 bits per heavy atom. The van der Waals surface area contributed by atoms with Gasteiger partial charge in [0.05, 0.1) is 10.7 Å². The van der Waals surface area contributed by atoms with Crippen LogP contribution in [0.5, 0.6) is 0 Å². The van der Waals surface area contributed by atoms with Crippen LogP contribution in [-0.4, -0.2) is 59.6 Å². The van der Waals surface area contributed by atoms with Gasteiger partial charge in [-0.25, -0.2) is 4.98 Å². The molecule has 4 rings (SSSR count). The monoisotopic (exact) mass is 281 g/mol. The van der Waals surface area contributed by atoms with Gasteiger partial charge in [0, 0.05) is 56.1 Å². The first-order valence-corrected chi connectivity index (χ1v) is 7.84. The maximum absolute atomic E-state index is 5.81. The lowest BCUT2D eigenvalue weighted by Crippen LogP contribution is -2.67. The van der Waals surface area contributed by atoms with E-state index in [-0.39, 0.29) is 0 Å². The molecule has 3 N–H and O–H groups in total. The lowest BCUT2D eigenvalue weighted by molar-refractivity contribution is -0.00315. The van der Waals surface area contributed by atoms with Crippen molar-refractivity contribution in [3.8, 4) is 0 Å². The van der Waals surface area contributed by atoms with Gasteiger partial charge in [-0.3, -0.25) is 21.1 Å². The average molecular weight is 281 g/mol. The highest BCUT2D eigenvalue weighted by Gasteiger charge is 2.36. The van der Waals surface area contributed by atoms with Crippen molar-refractivity contribution < 1.29 is 0 Å². The topological polar surface area (TPSA) is 57.4 Å². The van der Waals surface area contributed by atoms with E-state index >= 15 is 0 Å². The average Bonchev–Trinajstić information content (AvgIpc) is 2.76. The number of aromatic nitrogens is 1. The molecule has 0 aliphatic carbocycles. The Balaban J connectivity index is 1.70. The van der Waals surface area contributed by atoms with Crippen LogP contribution in [0.25, 0.3) is 0 Å². The molecule has 0 radical (unpaired) electrons. The Kier molecular flexibility index (Phi) is 3.86. The van der Waals surface area contributed by atoms with E-state index in [0.717, 1.165) is 18.7 Å². The highest BCUT2D eigenvalue weighted by molar-refractivity contribution is 7.11. The highest BCUT2D eigenvalue weighted by Crippen LogP contribution is 2.23. The molecular formula is C13H23N5S. The lowest BCUT2D eigenvalue weighted by atomic mass is 9.98. The lowest BCUT2D eigenvalue weighted by Gasteiger charge is -2.49. The van der Waals surface area contributed by atoms with Crippen molar-refractivity contribution >= 4 is 11.3 Å². The van der Waals surface area contributed by atoms with E-state index in [1.165, 1.54) is 36.1 Å². The zero-order valence-electron chi connectivity index (χ0n) is 11.7. The summed E-state index contributed by atoms with van der Waals surface area (Å²) < 4.78 is 0. The van der Waals surface area contributed by atoms with Gasteiger partial charge >= 0.3 is 0 Å². The molecule has 5 nitrogen and oxygen atoms in total. The predicted octanol–water partition coefficient (Wildman–Crippen LogP) is 0.134. The molecule has 3 fully saturated rings. The zero-order chi connectivity index (χ0) is 13.4. The van der Waals surface area contributed by atoms with Gasteiger partial charge in [-0.2, -0.15) is 0 Å². The largest absolute Gasteiger partial charge is 0.299 e. The first kappa shape index (κ1) is 13.5. The van der Waals surface area contributed by atoms with Gasteiger partial charge in [0.15, 0.2) is 0 Å². The summed E-state index contributed by atoms with van der Waals surface area (Å²) in [5.41, 5.74) is 4.19. The normalized spacial score (nSPS) is 31.6. The number of nitrogens with zero attached hydrogens (tertiary/aromatic N) is 3. The number of hydrazine groups is 1. The minimum Gasteiger partial charge on any atom is -0.299 e. The van der Waals surface area contributed by atoms with Gasteiger partial charge < -0.3 is 0 Å². The molecule has 4 heterocycles. The van der Waals surface area contributed by atoms with Crippen LogP contribution in [0.3, 0.4) is 0 Å². The Labute approximate surface area is 118 Å². The molecular weight excluding hydrogens is 258 g/mol. The summed E-state index contributed by atoms with van der Waals surface area (Å²) in [5, 5.41) is 1.20. The molecule has 2 bridgehead atoms.